The fraction of sp³-hybridized carbons (Fsp3) is 0.500. The third kappa shape index (κ3) is 3.82. The van der Waals surface area contributed by atoms with Gasteiger partial charge in [-0.25, -0.2) is 0 Å². The Balaban J connectivity index is 2.90. The number of ketones is 1. The Morgan fingerprint density at radius 3 is 2.61 bits per heavy atom. The van der Waals surface area contributed by atoms with Crippen molar-refractivity contribution in [1.82, 2.24) is 0 Å². The van der Waals surface area contributed by atoms with Gasteiger partial charge in [-0.2, -0.15) is 0 Å². The van der Waals surface area contributed by atoms with E-state index in [1.807, 2.05) is 25.1 Å². The van der Waals surface area contributed by atoms with Crippen molar-refractivity contribution in [2.75, 3.05) is 13.7 Å². The van der Waals surface area contributed by atoms with E-state index in [4.69, 9.17) is 9.47 Å². The van der Waals surface area contributed by atoms with E-state index < -0.39 is 5.60 Å². The second-order valence-corrected chi connectivity index (χ2v) is 5.42. The summed E-state index contributed by atoms with van der Waals surface area (Å²) in [6.07, 6.45) is 0.301. The molecular formula is C14H19BrO3. The average molecular weight is 315 g/mol. The molecule has 0 fully saturated rings. The lowest BCUT2D eigenvalue weighted by Crippen LogP contribution is -2.36. The highest BCUT2D eigenvalue weighted by atomic mass is 79.9. The van der Waals surface area contributed by atoms with E-state index in [0.29, 0.717) is 13.0 Å². The molecule has 0 bridgehead atoms. The minimum Gasteiger partial charge on any atom is -0.496 e. The first kappa shape index (κ1) is 15.2. The van der Waals surface area contributed by atoms with Crippen LogP contribution in [0.1, 0.15) is 26.3 Å². The maximum absolute atomic E-state index is 12.2. The van der Waals surface area contributed by atoms with Crippen LogP contribution in [0.3, 0.4) is 0 Å². The van der Waals surface area contributed by atoms with Gasteiger partial charge in [-0.3, -0.25) is 4.79 Å². The summed E-state index contributed by atoms with van der Waals surface area (Å²) in [5.74, 6) is 0.764. The number of rotatable bonds is 6. The number of carbonyl (C=O) groups excluding carboxylic acids is 1. The van der Waals surface area contributed by atoms with Gasteiger partial charge < -0.3 is 9.47 Å². The molecule has 3 nitrogen and oxygen atoms in total. The molecule has 18 heavy (non-hydrogen) atoms. The molecule has 0 aliphatic heterocycles. The third-order valence-electron chi connectivity index (χ3n) is 2.77. The molecule has 0 aromatic heterocycles. The van der Waals surface area contributed by atoms with Gasteiger partial charge in [-0.15, -0.1) is 0 Å². The van der Waals surface area contributed by atoms with Crippen molar-refractivity contribution in [3.8, 4) is 5.75 Å². The number of hydrogen-bond donors (Lipinski definition) is 0. The number of hydrogen-bond acceptors (Lipinski definition) is 3. The molecule has 0 N–H and O–H groups in total. The van der Waals surface area contributed by atoms with Gasteiger partial charge in [-0.1, -0.05) is 15.9 Å². The topological polar surface area (TPSA) is 35.5 Å². The first-order valence-electron chi connectivity index (χ1n) is 5.90. The van der Waals surface area contributed by atoms with Crippen molar-refractivity contribution >= 4 is 21.7 Å². The molecule has 100 valence electrons. The molecule has 1 aromatic carbocycles. The smallest absolute Gasteiger partial charge is 0.168 e. The molecule has 0 unspecified atom stereocenters. The minimum atomic E-state index is -0.762. The third-order valence-corrected chi connectivity index (χ3v) is 3.26. The summed E-state index contributed by atoms with van der Waals surface area (Å²) in [4.78, 5) is 12.2. The first-order chi connectivity index (χ1) is 8.40. The highest BCUT2D eigenvalue weighted by Crippen LogP contribution is 2.25. The van der Waals surface area contributed by atoms with Crippen LogP contribution in [-0.2, 0) is 16.0 Å². The zero-order chi connectivity index (χ0) is 13.8. The van der Waals surface area contributed by atoms with Crippen LogP contribution in [-0.4, -0.2) is 25.1 Å². The monoisotopic (exact) mass is 314 g/mol. The highest BCUT2D eigenvalue weighted by Gasteiger charge is 2.28. The number of benzene rings is 1. The SMILES string of the molecule is CCOC(C)(C)C(=O)Cc1cc(Br)ccc1OC. The summed E-state index contributed by atoms with van der Waals surface area (Å²) in [6, 6.07) is 5.64. The molecule has 0 radical (unpaired) electrons. The molecular weight excluding hydrogens is 296 g/mol. The zero-order valence-electron chi connectivity index (χ0n) is 11.2. The second kappa shape index (κ2) is 6.34. The van der Waals surface area contributed by atoms with Crippen LogP contribution in [0.15, 0.2) is 22.7 Å². The largest absolute Gasteiger partial charge is 0.496 e. The van der Waals surface area contributed by atoms with E-state index in [9.17, 15) is 4.79 Å². The van der Waals surface area contributed by atoms with Crippen LogP contribution in [0.25, 0.3) is 0 Å². The summed E-state index contributed by atoms with van der Waals surface area (Å²) in [5, 5.41) is 0. The predicted molar refractivity (Wildman–Crippen MR) is 75.1 cm³/mol. The van der Waals surface area contributed by atoms with E-state index in [1.165, 1.54) is 0 Å². The Morgan fingerprint density at radius 1 is 1.39 bits per heavy atom. The number of methoxy groups -OCH3 is 1. The van der Waals surface area contributed by atoms with Crippen LogP contribution in [0.4, 0.5) is 0 Å². The molecule has 0 aliphatic rings. The van der Waals surface area contributed by atoms with Crippen molar-refractivity contribution < 1.29 is 14.3 Å². The number of halogens is 1. The van der Waals surface area contributed by atoms with E-state index in [-0.39, 0.29) is 5.78 Å². The summed E-state index contributed by atoms with van der Waals surface area (Å²) in [7, 11) is 1.60. The maximum atomic E-state index is 12.2. The minimum absolute atomic E-state index is 0.0424. The van der Waals surface area contributed by atoms with Crippen LogP contribution >= 0.6 is 15.9 Å². The van der Waals surface area contributed by atoms with E-state index >= 15 is 0 Å². The Kier molecular flexibility index (Phi) is 5.35. The van der Waals surface area contributed by atoms with E-state index in [0.717, 1.165) is 15.8 Å². The number of ether oxygens (including phenoxy) is 2. The lowest BCUT2D eigenvalue weighted by Gasteiger charge is -2.23. The molecule has 0 amide bonds. The van der Waals surface area contributed by atoms with Crippen LogP contribution in [0.2, 0.25) is 0 Å². The van der Waals surface area contributed by atoms with Crippen LogP contribution < -0.4 is 4.74 Å². The predicted octanol–water partition coefficient (Wildman–Crippen LogP) is 3.38. The molecule has 4 heteroatoms. The van der Waals surface area contributed by atoms with Crippen LogP contribution in [0, 0.1) is 0 Å². The standard InChI is InChI=1S/C14H19BrO3/c1-5-18-14(2,3)13(16)9-10-8-11(15)6-7-12(10)17-4/h6-8H,5,9H2,1-4H3. The molecule has 1 rings (SSSR count). The molecule has 1 aromatic rings. The molecule has 0 saturated carbocycles. The van der Waals surface area contributed by atoms with Crippen molar-refractivity contribution in [2.24, 2.45) is 0 Å². The van der Waals surface area contributed by atoms with Gasteiger partial charge in [0, 0.05) is 23.1 Å². The van der Waals surface area contributed by atoms with Gasteiger partial charge in [0.15, 0.2) is 5.78 Å². The highest BCUT2D eigenvalue weighted by molar-refractivity contribution is 9.10. The lowest BCUT2D eigenvalue weighted by atomic mass is 9.96. The summed E-state index contributed by atoms with van der Waals surface area (Å²) >= 11 is 3.40. The van der Waals surface area contributed by atoms with E-state index in [2.05, 4.69) is 15.9 Å². The summed E-state index contributed by atoms with van der Waals surface area (Å²) < 4.78 is 11.7. The van der Waals surface area contributed by atoms with Crippen molar-refractivity contribution in [2.45, 2.75) is 32.8 Å². The summed E-state index contributed by atoms with van der Waals surface area (Å²) in [5.41, 5.74) is 0.104. The first-order valence-corrected chi connectivity index (χ1v) is 6.69. The quantitative estimate of drug-likeness (QED) is 0.807. The zero-order valence-corrected chi connectivity index (χ0v) is 12.8. The number of carbonyl (C=O) groups is 1. The lowest BCUT2D eigenvalue weighted by molar-refractivity contribution is -0.139. The Bertz CT molecular complexity index is 427. The maximum Gasteiger partial charge on any atom is 0.168 e. The molecule has 0 spiro atoms. The molecule has 0 aliphatic carbocycles. The Morgan fingerprint density at radius 2 is 2.06 bits per heavy atom. The number of Topliss-reactive ketones (excluding diaryl/α,β-unsaturated/α-hetero) is 1. The van der Waals surface area contributed by atoms with Gasteiger partial charge >= 0.3 is 0 Å². The van der Waals surface area contributed by atoms with Crippen molar-refractivity contribution in [1.29, 1.82) is 0 Å². The Labute approximate surface area is 117 Å². The van der Waals surface area contributed by atoms with Crippen molar-refractivity contribution in [3.63, 3.8) is 0 Å². The van der Waals surface area contributed by atoms with Gasteiger partial charge in [0.25, 0.3) is 0 Å². The van der Waals surface area contributed by atoms with Crippen LogP contribution in [0.5, 0.6) is 5.75 Å². The van der Waals surface area contributed by atoms with Gasteiger partial charge in [-0.05, 0) is 39.0 Å². The summed E-state index contributed by atoms with van der Waals surface area (Å²) in [6.45, 7) is 6.00. The molecule has 0 heterocycles. The second-order valence-electron chi connectivity index (χ2n) is 4.50. The fourth-order valence-corrected chi connectivity index (χ4v) is 2.12. The van der Waals surface area contributed by atoms with Gasteiger partial charge in [0.05, 0.1) is 7.11 Å². The molecule has 0 atom stereocenters. The fourth-order valence-electron chi connectivity index (χ4n) is 1.71. The molecule has 0 saturated heterocycles. The van der Waals surface area contributed by atoms with Crippen molar-refractivity contribution in [3.05, 3.63) is 28.2 Å². The van der Waals surface area contributed by atoms with Gasteiger partial charge in [0.1, 0.15) is 11.4 Å². The normalized spacial score (nSPS) is 11.4. The average Bonchev–Trinajstić information content (AvgIpc) is 2.29. The van der Waals surface area contributed by atoms with E-state index in [1.54, 1.807) is 21.0 Å². The van der Waals surface area contributed by atoms with Gasteiger partial charge in [0.2, 0.25) is 0 Å². The Hall–Kier alpha value is -0.870.